The number of allylic oxidation sites excluding steroid dienone is 1. The number of carbonyl (C=O) groups excluding carboxylic acids is 1. The Labute approximate surface area is 112 Å². The van der Waals surface area contributed by atoms with Gasteiger partial charge in [0.05, 0.1) is 13.2 Å². The monoisotopic (exact) mass is 254 g/mol. The van der Waals surface area contributed by atoms with E-state index < -0.39 is 0 Å². The fourth-order valence-corrected chi connectivity index (χ4v) is 1.71. The molecule has 96 valence electrons. The lowest BCUT2D eigenvalue weighted by atomic mass is 10.1. The second-order valence-electron chi connectivity index (χ2n) is 4.24. The Kier molecular flexibility index (Phi) is 4.08. The van der Waals surface area contributed by atoms with E-state index in [2.05, 4.69) is 0 Å². The molecule has 0 amide bonds. The Morgan fingerprint density at radius 3 is 2.58 bits per heavy atom. The Morgan fingerprint density at radius 1 is 1.21 bits per heavy atom. The number of ether oxygens (including phenoxy) is 1. The maximum atomic E-state index is 12.0. The van der Waals surface area contributed by atoms with Gasteiger partial charge in [-0.15, -0.1) is 0 Å². The second kappa shape index (κ2) is 5.96. The second-order valence-corrected chi connectivity index (χ2v) is 4.24. The highest BCUT2D eigenvalue weighted by Crippen LogP contribution is 2.11. The first kappa shape index (κ1) is 13.0. The fourth-order valence-electron chi connectivity index (χ4n) is 1.71. The predicted octanol–water partition coefficient (Wildman–Crippen LogP) is 2.64. The molecular formula is C16H16NO2+. The van der Waals surface area contributed by atoms with Crippen molar-refractivity contribution < 1.29 is 14.1 Å². The number of hydrogen-bond acceptors (Lipinski definition) is 2. The van der Waals surface area contributed by atoms with E-state index in [4.69, 9.17) is 4.74 Å². The first-order valence-electron chi connectivity index (χ1n) is 6.03. The van der Waals surface area contributed by atoms with Crippen LogP contribution in [0.2, 0.25) is 0 Å². The van der Waals surface area contributed by atoms with Crippen molar-refractivity contribution in [3.05, 3.63) is 66.0 Å². The predicted molar refractivity (Wildman–Crippen MR) is 74.0 cm³/mol. The van der Waals surface area contributed by atoms with Crippen LogP contribution >= 0.6 is 0 Å². The van der Waals surface area contributed by atoms with Crippen LogP contribution in [0.5, 0.6) is 5.75 Å². The van der Waals surface area contributed by atoms with Crippen LogP contribution in [0, 0.1) is 6.92 Å². The molecule has 3 heteroatoms. The van der Waals surface area contributed by atoms with Gasteiger partial charge in [0.1, 0.15) is 5.75 Å². The minimum Gasteiger partial charge on any atom is -0.497 e. The number of hydrogen-bond donors (Lipinski definition) is 0. The maximum Gasteiger partial charge on any atom is 0.191 e. The molecule has 0 radical (unpaired) electrons. The quantitative estimate of drug-likeness (QED) is 0.477. The van der Waals surface area contributed by atoms with Crippen molar-refractivity contribution in [2.75, 3.05) is 7.11 Å². The fraction of sp³-hybridized carbons (Fsp3) is 0.125. The van der Waals surface area contributed by atoms with Gasteiger partial charge in [-0.05, 0) is 37.3 Å². The molecule has 0 saturated carbocycles. The molecule has 0 unspecified atom stereocenters. The number of benzene rings is 1. The van der Waals surface area contributed by atoms with Crippen molar-refractivity contribution in [2.24, 2.45) is 0 Å². The highest BCUT2D eigenvalue weighted by Gasteiger charge is 2.03. The van der Waals surface area contributed by atoms with Crippen LogP contribution in [-0.4, -0.2) is 12.9 Å². The Morgan fingerprint density at radius 2 is 1.95 bits per heavy atom. The molecule has 19 heavy (non-hydrogen) atoms. The number of ketones is 1. The zero-order valence-electron chi connectivity index (χ0n) is 11.0. The van der Waals surface area contributed by atoms with Gasteiger partial charge >= 0.3 is 0 Å². The van der Waals surface area contributed by atoms with Crippen molar-refractivity contribution in [2.45, 2.75) is 6.92 Å². The van der Waals surface area contributed by atoms with Crippen LogP contribution in [0.4, 0.5) is 0 Å². The summed E-state index contributed by atoms with van der Waals surface area (Å²) in [6.07, 6.45) is 7.16. The summed E-state index contributed by atoms with van der Waals surface area (Å²) in [5.74, 6) is 0.713. The van der Waals surface area contributed by atoms with Crippen LogP contribution < -0.4 is 9.30 Å². The van der Waals surface area contributed by atoms with Crippen LogP contribution in [-0.2, 0) is 0 Å². The third kappa shape index (κ3) is 3.52. The summed E-state index contributed by atoms with van der Waals surface area (Å²) in [6, 6.07) is 11.0. The molecule has 2 rings (SSSR count). The molecule has 0 aliphatic heterocycles. The number of pyridine rings is 1. The number of carbonyl (C=O) groups is 1. The van der Waals surface area contributed by atoms with Crippen LogP contribution in [0.25, 0.3) is 6.20 Å². The lowest BCUT2D eigenvalue weighted by molar-refractivity contribution is -0.568. The number of rotatable bonds is 4. The van der Waals surface area contributed by atoms with Crippen molar-refractivity contribution in [1.82, 2.24) is 0 Å². The molecule has 0 bridgehead atoms. The zero-order chi connectivity index (χ0) is 13.7. The van der Waals surface area contributed by atoms with Crippen LogP contribution in [0.1, 0.15) is 15.9 Å². The summed E-state index contributed by atoms with van der Waals surface area (Å²) in [4.78, 5) is 12.0. The molecular weight excluding hydrogens is 238 g/mol. The van der Waals surface area contributed by atoms with Gasteiger partial charge in [-0.1, -0.05) is 0 Å². The van der Waals surface area contributed by atoms with Gasteiger partial charge in [0, 0.05) is 17.2 Å². The molecule has 0 aliphatic carbocycles. The molecule has 0 atom stereocenters. The number of nitrogens with zero attached hydrogens (tertiary/aromatic N) is 1. The van der Waals surface area contributed by atoms with Crippen LogP contribution in [0.15, 0.2) is 54.9 Å². The molecule has 0 spiro atoms. The number of aromatic nitrogens is 1. The summed E-state index contributed by atoms with van der Waals surface area (Å²) in [7, 11) is 1.60. The lowest BCUT2D eigenvalue weighted by Crippen LogP contribution is -2.25. The molecule has 0 fully saturated rings. The molecule has 1 aromatic carbocycles. The largest absolute Gasteiger partial charge is 0.497 e. The molecule has 0 saturated heterocycles. The van der Waals surface area contributed by atoms with Gasteiger partial charge in [-0.3, -0.25) is 4.79 Å². The van der Waals surface area contributed by atoms with Gasteiger partial charge in [-0.2, -0.15) is 4.57 Å². The Balaban J connectivity index is 2.11. The van der Waals surface area contributed by atoms with E-state index in [9.17, 15) is 4.79 Å². The van der Waals surface area contributed by atoms with Crippen molar-refractivity contribution in [3.8, 4) is 5.75 Å². The third-order valence-corrected chi connectivity index (χ3v) is 2.74. The number of aryl methyl sites for hydroxylation is 1. The van der Waals surface area contributed by atoms with E-state index in [0.29, 0.717) is 5.56 Å². The average Bonchev–Trinajstić information content (AvgIpc) is 2.45. The van der Waals surface area contributed by atoms with E-state index >= 15 is 0 Å². The van der Waals surface area contributed by atoms with Crippen molar-refractivity contribution in [3.63, 3.8) is 0 Å². The minimum atomic E-state index is -0.0309. The lowest BCUT2D eigenvalue weighted by Gasteiger charge is -1.99. The molecule has 0 N–H and O–H groups in total. The summed E-state index contributed by atoms with van der Waals surface area (Å²) < 4.78 is 6.92. The van der Waals surface area contributed by atoms with E-state index in [1.807, 2.05) is 36.0 Å². The molecule has 0 aliphatic rings. The minimum absolute atomic E-state index is 0.0309. The molecule has 1 heterocycles. The first-order valence-corrected chi connectivity index (χ1v) is 6.03. The smallest absolute Gasteiger partial charge is 0.191 e. The highest BCUT2D eigenvalue weighted by atomic mass is 16.5. The standard InChI is InChI=1S/C16H16NO2/c1-13-4-3-10-17(12-13)11-9-16(18)14-5-7-15(19-2)8-6-14/h3-12H,1-2H3/q+1. The van der Waals surface area contributed by atoms with Crippen LogP contribution in [0.3, 0.4) is 0 Å². The molecule has 2 aromatic rings. The van der Waals surface area contributed by atoms with Crippen molar-refractivity contribution >= 4 is 12.0 Å². The molecule has 1 aromatic heterocycles. The summed E-state index contributed by atoms with van der Waals surface area (Å²) >= 11 is 0. The summed E-state index contributed by atoms with van der Waals surface area (Å²) in [6.45, 7) is 2.01. The van der Waals surface area contributed by atoms with Gasteiger partial charge in [-0.25, -0.2) is 0 Å². The van der Waals surface area contributed by atoms with E-state index in [1.54, 1.807) is 43.7 Å². The van der Waals surface area contributed by atoms with E-state index in [-0.39, 0.29) is 5.78 Å². The zero-order valence-corrected chi connectivity index (χ0v) is 11.0. The van der Waals surface area contributed by atoms with Gasteiger partial charge < -0.3 is 4.74 Å². The summed E-state index contributed by atoms with van der Waals surface area (Å²) in [5.41, 5.74) is 1.79. The van der Waals surface area contributed by atoms with Crippen molar-refractivity contribution in [1.29, 1.82) is 0 Å². The Hall–Kier alpha value is -2.42. The average molecular weight is 254 g/mol. The normalized spacial score (nSPS) is 10.6. The van der Waals surface area contributed by atoms with Gasteiger partial charge in [0.2, 0.25) is 0 Å². The number of methoxy groups -OCH3 is 1. The Bertz CT molecular complexity index is 600. The maximum absolute atomic E-state index is 12.0. The topological polar surface area (TPSA) is 30.2 Å². The highest BCUT2D eigenvalue weighted by molar-refractivity contribution is 6.05. The first-order chi connectivity index (χ1) is 9.19. The third-order valence-electron chi connectivity index (χ3n) is 2.74. The summed E-state index contributed by atoms with van der Waals surface area (Å²) in [5, 5.41) is 0. The molecule has 3 nitrogen and oxygen atoms in total. The van der Waals surface area contributed by atoms with E-state index in [1.165, 1.54) is 0 Å². The van der Waals surface area contributed by atoms with Gasteiger partial charge in [0.15, 0.2) is 24.4 Å². The van der Waals surface area contributed by atoms with Gasteiger partial charge in [0.25, 0.3) is 0 Å². The SMILES string of the molecule is COc1ccc(C(=O)C=C[n+]2cccc(C)c2)cc1. The van der Waals surface area contributed by atoms with E-state index in [0.717, 1.165) is 11.3 Å².